The fraction of sp³-hybridized carbons (Fsp3) is 0.692. The van der Waals surface area contributed by atoms with Crippen LogP contribution in [0.5, 0.6) is 0 Å². The standard InChI is InChI=1S/C13H20ClN3O/c1-2-12-15-11(14)9-13(16-12)17(7-8-18)10-5-3-4-6-10/h9-10,18H,2-8H2,1H3. The minimum atomic E-state index is 0.138. The zero-order valence-corrected chi connectivity index (χ0v) is 11.5. The zero-order valence-electron chi connectivity index (χ0n) is 10.8. The maximum absolute atomic E-state index is 9.24. The lowest BCUT2D eigenvalue weighted by Crippen LogP contribution is -2.36. The first-order valence-corrected chi connectivity index (χ1v) is 7.03. The van der Waals surface area contributed by atoms with Gasteiger partial charge in [-0.25, -0.2) is 9.97 Å². The Morgan fingerprint density at radius 3 is 2.72 bits per heavy atom. The topological polar surface area (TPSA) is 49.2 Å². The van der Waals surface area contributed by atoms with E-state index in [9.17, 15) is 5.11 Å². The SMILES string of the molecule is CCc1nc(Cl)cc(N(CCO)C2CCCC2)n1. The number of nitrogens with zero attached hydrogens (tertiary/aromatic N) is 3. The summed E-state index contributed by atoms with van der Waals surface area (Å²) >= 11 is 6.04. The molecule has 0 atom stereocenters. The van der Waals surface area contributed by atoms with Crippen LogP contribution in [0, 0.1) is 0 Å². The van der Waals surface area contributed by atoms with Gasteiger partial charge in [-0.2, -0.15) is 0 Å². The summed E-state index contributed by atoms with van der Waals surface area (Å²) in [5, 5.41) is 9.72. The van der Waals surface area contributed by atoms with Gasteiger partial charge in [-0.3, -0.25) is 0 Å². The number of hydrogen-bond donors (Lipinski definition) is 1. The first-order chi connectivity index (χ1) is 8.74. The van der Waals surface area contributed by atoms with Gasteiger partial charge >= 0.3 is 0 Å². The molecular formula is C13H20ClN3O. The molecule has 4 nitrogen and oxygen atoms in total. The van der Waals surface area contributed by atoms with Crippen molar-refractivity contribution >= 4 is 17.4 Å². The van der Waals surface area contributed by atoms with Gasteiger partial charge in [0.1, 0.15) is 16.8 Å². The van der Waals surface area contributed by atoms with Gasteiger partial charge in [0.05, 0.1) is 6.61 Å². The summed E-state index contributed by atoms with van der Waals surface area (Å²) in [6.45, 7) is 2.77. The largest absolute Gasteiger partial charge is 0.395 e. The minimum Gasteiger partial charge on any atom is -0.395 e. The Kier molecular flexibility index (Phi) is 4.78. The summed E-state index contributed by atoms with van der Waals surface area (Å²) in [6.07, 6.45) is 5.62. The van der Waals surface area contributed by atoms with Crippen molar-refractivity contribution < 1.29 is 5.11 Å². The Morgan fingerprint density at radius 2 is 2.11 bits per heavy atom. The molecule has 0 spiro atoms. The fourth-order valence-corrected chi connectivity index (χ4v) is 2.76. The number of aromatic nitrogens is 2. The molecule has 1 aliphatic rings. The van der Waals surface area contributed by atoms with E-state index < -0.39 is 0 Å². The average Bonchev–Trinajstić information content (AvgIpc) is 2.88. The second-order valence-electron chi connectivity index (χ2n) is 4.67. The lowest BCUT2D eigenvalue weighted by Gasteiger charge is -2.29. The van der Waals surface area contributed by atoms with Gasteiger partial charge in [0, 0.05) is 25.1 Å². The molecule has 1 fully saturated rings. The van der Waals surface area contributed by atoms with Gasteiger partial charge < -0.3 is 10.0 Å². The highest BCUT2D eigenvalue weighted by atomic mass is 35.5. The Labute approximate surface area is 113 Å². The van der Waals surface area contributed by atoms with E-state index in [0.29, 0.717) is 17.7 Å². The van der Waals surface area contributed by atoms with Gasteiger partial charge in [0.2, 0.25) is 0 Å². The molecule has 1 aromatic heterocycles. The van der Waals surface area contributed by atoms with Crippen LogP contribution in [0.4, 0.5) is 5.82 Å². The second kappa shape index (κ2) is 6.34. The number of rotatable bonds is 5. The first kappa shape index (κ1) is 13.6. The van der Waals surface area contributed by atoms with E-state index in [1.54, 1.807) is 6.07 Å². The van der Waals surface area contributed by atoms with Crippen molar-refractivity contribution in [1.29, 1.82) is 0 Å². The highest BCUT2D eigenvalue weighted by Gasteiger charge is 2.24. The van der Waals surface area contributed by atoms with E-state index in [4.69, 9.17) is 11.6 Å². The molecule has 5 heteroatoms. The molecule has 1 N–H and O–H groups in total. The smallest absolute Gasteiger partial charge is 0.134 e. The minimum absolute atomic E-state index is 0.138. The molecule has 1 aliphatic carbocycles. The third-order valence-corrected chi connectivity index (χ3v) is 3.64. The Morgan fingerprint density at radius 1 is 1.39 bits per heavy atom. The third-order valence-electron chi connectivity index (χ3n) is 3.44. The van der Waals surface area contributed by atoms with Gasteiger partial charge in [-0.15, -0.1) is 0 Å². The predicted octanol–water partition coefficient (Wildman–Crippen LogP) is 2.43. The van der Waals surface area contributed by atoms with Crippen LogP contribution in [0.2, 0.25) is 5.15 Å². The molecule has 0 radical (unpaired) electrons. The number of aryl methyl sites for hydroxylation is 1. The number of hydrogen-bond acceptors (Lipinski definition) is 4. The molecule has 0 amide bonds. The summed E-state index contributed by atoms with van der Waals surface area (Å²) in [4.78, 5) is 10.9. The van der Waals surface area contributed by atoms with Crippen molar-refractivity contribution in [3.05, 3.63) is 17.0 Å². The fourth-order valence-electron chi connectivity index (χ4n) is 2.56. The zero-order chi connectivity index (χ0) is 13.0. The molecule has 1 saturated carbocycles. The summed E-state index contributed by atoms with van der Waals surface area (Å²) in [6, 6.07) is 2.28. The summed E-state index contributed by atoms with van der Waals surface area (Å²) in [5.74, 6) is 1.62. The van der Waals surface area contributed by atoms with Gasteiger partial charge in [0.15, 0.2) is 0 Å². The van der Waals surface area contributed by atoms with Gasteiger partial charge in [-0.1, -0.05) is 31.4 Å². The quantitative estimate of drug-likeness (QED) is 0.834. The van der Waals surface area contributed by atoms with Crippen molar-refractivity contribution in [2.45, 2.75) is 45.1 Å². The molecule has 18 heavy (non-hydrogen) atoms. The summed E-state index contributed by atoms with van der Waals surface area (Å²) < 4.78 is 0. The second-order valence-corrected chi connectivity index (χ2v) is 5.06. The van der Waals surface area contributed by atoms with Crippen molar-refractivity contribution in [3.63, 3.8) is 0 Å². The van der Waals surface area contributed by atoms with Gasteiger partial charge in [0.25, 0.3) is 0 Å². The van der Waals surface area contributed by atoms with Crippen LogP contribution in [-0.4, -0.2) is 34.3 Å². The third kappa shape index (κ3) is 3.12. The molecule has 0 aromatic carbocycles. The van der Waals surface area contributed by atoms with Crippen LogP contribution in [0.25, 0.3) is 0 Å². The molecule has 0 unspecified atom stereocenters. The van der Waals surface area contributed by atoms with E-state index in [1.807, 2.05) is 6.92 Å². The van der Waals surface area contributed by atoms with E-state index in [0.717, 1.165) is 18.1 Å². The van der Waals surface area contributed by atoms with Crippen molar-refractivity contribution in [2.75, 3.05) is 18.1 Å². The predicted molar refractivity (Wildman–Crippen MR) is 73.1 cm³/mol. The van der Waals surface area contributed by atoms with Crippen LogP contribution < -0.4 is 4.90 Å². The van der Waals surface area contributed by atoms with Crippen molar-refractivity contribution in [2.24, 2.45) is 0 Å². The normalized spacial score (nSPS) is 16.2. The summed E-state index contributed by atoms with van der Waals surface area (Å²) in [7, 11) is 0. The van der Waals surface area contributed by atoms with E-state index in [1.165, 1.54) is 25.7 Å². The Balaban J connectivity index is 2.25. The number of anilines is 1. The first-order valence-electron chi connectivity index (χ1n) is 6.65. The molecular weight excluding hydrogens is 250 g/mol. The van der Waals surface area contributed by atoms with Crippen LogP contribution in [0.1, 0.15) is 38.4 Å². The Hall–Kier alpha value is -0.870. The van der Waals surface area contributed by atoms with Crippen LogP contribution in [0.3, 0.4) is 0 Å². The molecule has 0 aliphatic heterocycles. The maximum Gasteiger partial charge on any atom is 0.134 e. The van der Waals surface area contributed by atoms with Crippen LogP contribution >= 0.6 is 11.6 Å². The molecule has 0 saturated heterocycles. The van der Waals surface area contributed by atoms with E-state index in [2.05, 4.69) is 14.9 Å². The lowest BCUT2D eigenvalue weighted by atomic mass is 10.2. The van der Waals surface area contributed by atoms with Crippen molar-refractivity contribution in [1.82, 2.24) is 9.97 Å². The highest BCUT2D eigenvalue weighted by molar-refractivity contribution is 6.29. The number of aliphatic hydroxyl groups excluding tert-OH is 1. The summed E-state index contributed by atoms with van der Waals surface area (Å²) in [5.41, 5.74) is 0. The molecule has 1 heterocycles. The highest BCUT2D eigenvalue weighted by Crippen LogP contribution is 2.28. The van der Waals surface area contributed by atoms with Crippen molar-refractivity contribution in [3.8, 4) is 0 Å². The monoisotopic (exact) mass is 269 g/mol. The Bertz CT molecular complexity index is 394. The number of aliphatic hydroxyl groups is 1. The average molecular weight is 270 g/mol. The molecule has 2 rings (SSSR count). The van der Waals surface area contributed by atoms with E-state index >= 15 is 0 Å². The molecule has 0 bridgehead atoms. The van der Waals surface area contributed by atoms with Crippen LogP contribution in [-0.2, 0) is 6.42 Å². The van der Waals surface area contributed by atoms with Crippen LogP contribution in [0.15, 0.2) is 6.07 Å². The number of halogens is 1. The lowest BCUT2D eigenvalue weighted by molar-refractivity contribution is 0.296. The molecule has 1 aromatic rings. The maximum atomic E-state index is 9.24. The van der Waals surface area contributed by atoms with Gasteiger partial charge in [-0.05, 0) is 12.8 Å². The van der Waals surface area contributed by atoms with E-state index in [-0.39, 0.29) is 6.61 Å². The molecule has 100 valence electrons.